The molecule has 0 bridgehead atoms. The van der Waals surface area contributed by atoms with Crippen molar-refractivity contribution in [3.63, 3.8) is 0 Å². The van der Waals surface area contributed by atoms with Crippen LogP contribution < -0.4 is 10.6 Å². The summed E-state index contributed by atoms with van der Waals surface area (Å²) >= 11 is 3.22. The number of nitrogens with one attached hydrogen (secondary N) is 1. The fourth-order valence-corrected chi connectivity index (χ4v) is 1.98. The molecule has 7 heteroatoms. The molecule has 1 heterocycles. The van der Waals surface area contributed by atoms with Crippen molar-refractivity contribution >= 4 is 33.9 Å². The van der Waals surface area contributed by atoms with Gasteiger partial charge in [0.05, 0.1) is 17.4 Å². The lowest BCUT2D eigenvalue weighted by Crippen LogP contribution is -2.25. The Balaban J connectivity index is 3.27. The Morgan fingerprint density at radius 3 is 2.86 bits per heavy atom. The molecule has 1 aromatic rings. The Kier molecular flexibility index (Phi) is 6.46. The average molecular weight is 359 g/mol. The Hall–Kier alpha value is -1.78. The first-order valence-corrected chi connectivity index (χ1v) is 7.05. The number of alkyl halides is 3. The number of Topliss-reactive ketones (excluding diaryl/α,β-unsaturated/α-hetero) is 1. The molecular weight excluding hydrogens is 346 g/mol. The third kappa shape index (κ3) is 4.92. The number of nitriles is 1. The summed E-state index contributed by atoms with van der Waals surface area (Å²) < 4.78 is 28.7. The van der Waals surface area contributed by atoms with Crippen LogP contribution in [-0.4, -0.2) is 28.8 Å². The number of aromatic nitrogens is 1. The van der Waals surface area contributed by atoms with Crippen molar-refractivity contribution in [2.45, 2.75) is 19.6 Å². The van der Waals surface area contributed by atoms with Gasteiger partial charge in [0.1, 0.15) is 6.07 Å². The van der Waals surface area contributed by atoms with E-state index < -0.39 is 18.5 Å². The second-order valence-corrected chi connectivity index (χ2v) is 4.75. The summed E-state index contributed by atoms with van der Waals surface area (Å²) in [5.74, 6) is -0.538. The molecule has 0 saturated carbocycles. The van der Waals surface area contributed by atoms with Crippen LogP contribution in [0, 0.1) is 11.3 Å². The van der Waals surface area contributed by atoms with Crippen LogP contribution in [0.3, 0.4) is 0 Å². The predicted molar refractivity (Wildman–Crippen MR) is 78.4 cm³/mol. The van der Waals surface area contributed by atoms with Crippen LogP contribution in [0.1, 0.15) is 17.4 Å². The molecule has 0 spiro atoms. The zero-order valence-corrected chi connectivity index (χ0v) is 12.8. The molecule has 0 saturated heterocycles. The van der Waals surface area contributed by atoms with Gasteiger partial charge in [-0.2, -0.15) is 14.0 Å². The minimum atomic E-state index is -2.88. The van der Waals surface area contributed by atoms with E-state index in [-0.39, 0.29) is 11.3 Å². The molecule has 0 amide bonds. The van der Waals surface area contributed by atoms with E-state index in [4.69, 9.17) is 5.26 Å². The maximum atomic E-state index is 12.2. The van der Waals surface area contributed by atoms with Crippen molar-refractivity contribution in [3.8, 4) is 6.07 Å². The first kappa shape index (κ1) is 17.3. The molecule has 1 N–H and O–H groups in total. The van der Waals surface area contributed by atoms with Gasteiger partial charge in [-0.1, -0.05) is 22.5 Å². The first-order valence-electron chi connectivity index (χ1n) is 5.93. The highest BCUT2D eigenvalue weighted by molar-refractivity contribution is 9.09. The van der Waals surface area contributed by atoms with Crippen LogP contribution in [-0.2, 0) is 4.74 Å². The molecule has 0 aliphatic heterocycles. The summed E-state index contributed by atoms with van der Waals surface area (Å²) in [7, 11) is 0. The molecule has 0 aliphatic carbocycles. The number of aromatic amines is 1. The SMILES string of the molecule is C=C(C#N)C(=O)c1cc(=C/C(C)OC(F)F)/c(=C\CBr)[nH]1. The predicted octanol–water partition coefficient (Wildman–Crippen LogP) is 1.86. The van der Waals surface area contributed by atoms with E-state index in [0.29, 0.717) is 15.9 Å². The highest BCUT2D eigenvalue weighted by Crippen LogP contribution is 2.03. The topological polar surface area (TPSA) is 65.9 Å². The van der Waals surface area contributed by atoms with E-state index in [1.54, 1.807) is 12.1 Å². The van der Waals surface area contributed by atoms with Gasteiger partial charge >= 0.3 is 6.61 Å². The number of ketones is 1. The summed E-state index contributed by atoms with van der Waals surface area (Å²) in [5, 5.41) is 10.3. The molecule has 1 rings (SSSR count). The second-order valence-electron chi connectivity index (χ2n) is 4.10. The molecule has 0 radical (unpaired) electrons. The Morgan fingerprint density at radius 1 is 1.67 bits per heavy atom. The van der Waals surface area contributed by atoms with Crippen molar-refractivity contribution < 1.29 is 18.3 Å². The summed E-state index contributed by atoms with van der Waals surface area (Å²) in [6.45, 7) is 1.94. The summed E-state index contributed by atoms with van der Waals surface area (Å²) in [6, 6.07) is 3.15. The van der Waals surface area contributed by atoms with Crippen molar-refractivity contribution in [2.24, 2.45) is 0 Å². The Labute approximate surface area is 128 Å². The van der Waals surface area contributed by atoms with E-state index >= 15 is 0 Å². The molecule has 0 aliphatic rings. The number of H-pyrrole nitrogens is 1. The Morgan fingerprint density at radius 2 is 2.33 bits per heavy atom. The quantitative estimate of drug-likeness (QED) is 0.365. The number of ether oxygens (including phenoxy) is 1. The standard InChI is InChI=1S/C14H13BrF2N2O2/c1-8(7-18)13(20)12-6-10(11(19-12)3-4-15)5-9(2)21-14(16)17/h3,5-6,9,14,19H,1,4H2,2H3/b10-5-,11-3+. The van der Waals surface area contributed by atoms with Crippen molar-refractivity contribution in [1.82, 2.24) is 4.98 Å². The largest absolute Gasteiger partial charge is 0.352 e. The van der Waals surface area contributed by atoms with E-state index in [1.165, 1.54) is 19.1 Å². The molecule has 21 heavy (non-hydrogen) atoms. The highest BCUT2D eigenvalue weighted by Gasteiger charge is 2.12. The third-order valence-corrected chi connectivity index (χ3v) is 2.87. The number of carbonyl (C=O) groups excluding carboxylic acids is 1. The highest BCUT2D eigenvalue weighted by atomic mass is 79.9. The molecule has 1 unspecified atom stereocenters. The van der Waals surface area contributed by atoms with E-state index in [9.17, 15) is 13.6 Å². The van der Waals surface area contributed by atoms with E-state index in [2.05, 4.69) is 32.2 Å². The molecule has 112 valence electrons. The lowest BCUT2D eigenvalue weighted by molar-refractivity contribution is -0.141. The van der Waals surface area contributed by atoms with E-state index in [0.717, 1.165) is 0 Å². The maximum absolute atomic E-state index is 12.2. The first-order chi connectivity index (χ1) is 9.88. The second kappa shape index (κ2) is 7.86. The van der Waals surface area contributed by atoms with Crippen LogP contribution in [0.25, 0.3) is 12.2 Å². The molecule has 1 atom stereocenters. The van der Waals surface area contributed by atoms with Crippen molar-refractivity contribution in [3.05, 3.63) is 34.5 Å². The molecule has 0 fully saturated rings. The van der Waals surface area contributed by atoms with Gasteiger partial charge in [-0.05, 0) is 30.4 Å². The van der Waals surface area contributed by atoms with Gasteiger partial charge in [0.15, 0.2) is 0 Å². The fourth-order valence-electron chi connectivity index (χ4n) is 1.66. The number of halogens is 3. The zero-order valence-electron chi connectivity index (χ0n) is 11.2. The monoisotopic (exact) mass is 358 g/mol. The Bertz CT molecular complexity index is 689. The van der Waals surface area contributed by atoms with Gasteiger partial charge in [-0.3, -0.25) is 4.79 Å². The van der Waals surface area contributed by atoms with Crippen LogP contribution in [0.15, 0.2) is 18.2 Å². The number of rotatable bonds is 6. The summed E-state index contributed by atoms with van der Waals surface area (Å²) in [5.41, 5.74) is -0.0330. The summed E-state index contributed by atoms with van der Waals surface area (Å²) in [6.07, 6.45) is 2.36. The van der Waals surface area contributed by atoms with Gasteiger partial charge in [-0.15, -0.1) is 0 Å². The lowest BCUT2D eigenvalue weighted by atomic mass is 10.1. The number of allylic oxidation sites excluding steroid dienone is 1. The van der Waals surface area contributed by atoms with E-state index in [1.807, 2.05) is 0 Å². The minimum Gasteiger partial charge on any atom is -0.352 e. The van der Waals surface area contributed by atoms with Gasteiger partial charge in [0.2, 0.25) is 5.78 Å². The molecule has 0 aromatic carbocycles. The maximum Gasteiger partial charge on any atom is 0.345 e. The summed E-state index contributed by atoms with van der Waals surface area (Å²) in [4.78, 5) is 14.7. The van der Waals surface area contributed by atoms with Crippen molar-refractivity contribution in [2.75, 3.05) is 5.33 Å². The molecule has 1 aromatic heterocycles. The van der Waals surface area contributed by atoms with Crippen LogP contribution in [0.2, 0.25) is 0 Å². The third-order valence-electron chi connectivity index (χ3n) is 2.55. The lowest BCUT2D eigenvalue weighted by Gasteiger charge is -2.05. The smallest absolute Gasteiger partial charge is 0.345 e. The van der Waals surface area contributed by atoms with Crippen molar-refractivity contribution in [1.29, 1.82) is 5.26 Å². The number of nitrogens with zero attached hydrogens (tertiary/aromatic N) is 1. The normalized spacial score (nSPS) is 14.3. The van der Waals surface area contributed by atoms with Gasteiger partial charge in [-0.25, -0.2) is 0 Å². The molecular formula is C14H13BrF2N2O2. The minimum absolute atomic E-state index is 0.171. The number of hydrogen-bond acceptors (Lipinski definition) is 3. The zero-order chi connectivity index (χ0) is 16.0. The number of carbonyl (C=O) groups is 1. The van der Waals surface area contributed by atoms with Gasteiger partial charge in [0.25, 0.3) is 0 Å². The van der Waals surface area contributed by atoms with Crippen LogP contribution in [0.5, 0.6) is 0 Å². The van der Waals surface area contributed by atoms with Gasteiger partial charge < -0.3 is 9.72 Å². The van der Waals surface area contributed by atoms with Crippen LogP contribution in [0.4, 0.5) is 8.78 Å². The molecule has 4 nitrogen and oxygen atoms in total. The van der Waals surface area contributed by atoms with Crippen LogP contribution >= 0.6 is 15.9 Å². The number of hydrogen-bond donors (Lipinski definition) is 1. The van der Waals surface area contributed by atoms with Gasteiger partial charge in [0, 0.05) is 10.7 Å². The average Bonchev–Trinajstić information content (AvgIpc) is 2.79. The fraction of sp³-hybridized carbons (Fsp3) is 0.286.